The molecule has 0 atom stereocenters. The minimum Gasteiger partial charge on any atom is -0.286 e. The molecule has 0 aliphatic carbocycles. The van der Waals surface area contributed by atoms with E-state index >= 15 is 0 Å². The van der Waals surface area contributed by atoms with Gasteiger partial charge in [0.2, 0.25) is 0 Å². The van der Waals surface area contributed by atoms with Crippen LogP contribution in [-0.4, -0.2) is 22.9 Å². The van der Waals surface area contributed by atoms with Crippen molar-refractivity contribution in [2.75, 3.05) is 11.9 Å². The number of hydrogen-bond acceptors (Lipinski definition) is 4. The summed E-state index contributed by atoms with van der Waals surface area (Å²) < 4.78 is 1.07. The van der Waals surface area contributed by atoms with Gasteiger partial charge in [-0.3, -0.25) is 14.7 Å². The van der Waals surface area contributed by atoms with Crippen LogP contribution in [-0.2, 0) is 0 Å². The Kier molecular flexibility index (Phi) is 2.97. The van der Waals surface area contributed by atoms with E-state index in [-0.39, 0.29) is 5.91 Å². The van der Waals surface area contributed by atoms with Crippen molar-refractivity contribution >= 4 is 32.6 Å². The highest BCUT2D eigenvalue weighted by Crippen LogP contribution is 2.28. The number of nitrogens with zero attached hydrogens (tertiary/aromatic N) is 3. The summed E-state index contributed by atoms with van der Waals surface area (Å²) in [5.41, 5.74) is 1.33. The second kappa shape index (κ2) is 4.78. The quantitative estimate of drug-likeness (QED) is 0.718. The van der Waals surface area contributed by atoms with Gasteiger partial charge in [-0.1, -0.05) is 29.5 Å². The first-order valence-electron chi connectivity index (χ1n) is 5.80. The zero-order valence-electron chi connectivity index (χ0n) is 10.3. The molecule has 0 spiro atoms. The molecular formula is C14H11N3OS. The summed E-state index contributed by atoms with van der Waals surface area (Å²) in [6.45, 7) is 0. The summed E-state index contributed by atoms with van der Waals surface area (Å²) in [6.07, 6.45) is 1.61. The van der Waals surface area contributed by atoms with E-state index in [1.807, 2.05) is 24.3 Å². The lowest BCUT2D eigenvalue weighted by molar-refractivity contribution is 0.0988. The molecule has 5 heteroatoms. The highest BCUT2D eigenvalue weighted by atomic mass is 32.1. The Balaban J connectivity index is 1.95. The van der Waals surface area contributed by atoms with Crippen LogP contribution in [0.15, 0.2) is 48.7 Å². The van der Waals surface area contributed by atoms with Gasteiger partial charge in [0.15, 0.2) is 5.13 Å². The number of amides is 1. The maximum atomic E-state index is 12.3. The van der Waals surface area contributed by atoms with Crippen molar-refractivity contribution < 1.29 is 4.79 Å². The lowest BCUT2D eigenvalue weighted by Crippen LogP contribution is -2.26. The van der Waals surface area contributed by atoms with Crippen molar-refractivity contribution in [1.82, 2.24) is 9.97 Å². The van der Waals surface area contributed by atoms with Crippen LogP contribution in [0.3, 0.4) is 0 Å². The highest BCUT2D eigenvalue weighted by molar-refractivity contribution is 7.22. The number of pyridine rings is 1. The Hall–Kier alpha value is -2.27. The van der Waals surface area contributed by atoms with Crippen molar-refractivity contribution in [1.29, 1.82) is 0 Å². The van der Waals surface area contributed by atoms with Gasteiger partial charge in [0.05, 0.1) is 10.2 Å². The van der Waals surface area contributed by atoms with Gasteiger partial charge in [-0.25, -0.2) is 4.98 Å². The Morgan fingerprint density at radius 2 is 1.95 bits per heavy atom. The van der Waals surface area contributed by atoms with E-state index in [1.54, 1.807) is 31.4 Å². The largest absolute Gasteiger partial charge is 0.286 e. The topological polar surface area (TPSA) is 46.1 Å². The van der Waals surface area contributed by atoms with Crippen LogP contribution in [0, 0.1) is 0 Å². The molecule has 0 bridgehead atoms. The third-order valence-corrected chi connectivity index (χ3v) is 3.87. The molecule has 94 valence electrons. The Bertz CT molecular complexity index is 691. The van der Waals surface area contributed by atoms with E-state index in [2.05, 4.69) is 9.97 Å². The minimum atomic E-state index is -0.153. The van der Waals surface area contributed by atoms with E-state index in [0.29, 0.717) is 10.8 Å². The predicted molar refractivity (Wildman–Crippen MR) is 76.6 cm³/mol. The smallest absolute Gasteiger partial charge is 0.278 e. The van der Waals surface area contributed by atoms with E-state index in [4.69, 9.17) is 0 Å². The fourth-order valence-corrected chi connectivity index (χ4v) is 2.68. The molecule has 0 unspecified atom stereocenters. The van der Waals surface area contributed by atoms with Crippen molar-refractivity contribution in [2.45, 2.75) is 0 Å². The normalized spacial score (nSPS) is 10.6. The Morgan fingerprint density at radius 1 is 1.16 bits per heavy atom. The monoisotopic (exact) mass is 269 g/mol. The molecule has 0 saturated carbocycles. The number of carbonyl (C=O) groups is 1. The van der Waals surface area contributed by atoms with Crippen LogP contribution in [0.25, 0.3) is 10.2 Å². The second-order valence-electron chi connectivity index (χ2n) is 4.04. The van der Waals surface area contributed by atoms with Crippen LogP contribution in [0.2, 0.25) is 0 Å². The molecule has 0 aliphatic heterocycles. The maximum Gasteiger partial charge on any atom is 0.278 e. The first-order chi connectivity index (χ1) is 9.25. The van der Waals surface area contributed by atoms with Gasteiger partial charge < -0.3 is 0 Å². The lowest BCUT2D eigenvalue weighted by atomic mass is 10.3. The van der Waals surface area contributed by atoms with Crippen molar-refractivity contribution in [3.8, 4) is 0 Å². The number of aromatic nitrogens is 2. The number of anilines is 1. The molecule has 3 aromatic rings. The fourth-order valence-electron chi connectivity index (χ4n) is 1.75. The molecular weight excluding hydrogens is 258 g/mol. The second-order valence-corrected chi connectivity index (χ2v) is 5.05. The molecule has 0 saturated heterocycles. The standard InChI is InChI=1S/C14H11N3OS/c1-17(13(18)11-7-4-5-9-15-11)14-16-10-6-2-3-8-12(10)19-14/h2-9H,1H3. The van der Waals surface area contributed by atoms with Crippen LogP contribution in [0.4, 0.5) is 5.13 Å². The van der Waals surface area contributed by atoms with E-state index < -0.39 is 0 Å². The first-order valence-corrected chi connectivity index (χ1v) is 6.62. The van der Waals surface area contributed by atoms with Gasteiger partial charge in [0.25, 0.3) is 5.91 Å². The number of benzene rings is 1. The fraction of sp³-hybridized carbons (Fsp3) is 0.0714. The summed E-state index contributed by atoms with van der Waals surface area (Å²) >= 11 is 1.49. The number of para-hydroxylation sites is 1. The minimum absolute atomic E-state index is 0.153. The van der Waals surface area contributed by atoms with Gasteiger partial charge in [-0.05, 0) is 24.3 Å². The molecule has 1 aromatic carbocycles. The summed E-state index contributed by atoms with van der Waals surface area (Å²) in [7, 11) is 1.72. The molecule has 0 aliphatic rings. The number of thiazole rings is 1. The maximum absolute atomic E-state index is 12.3. The Morgan fingerprint density at radius 3 is 2.68 bits per heavy atom. The van der Waals surface area contributed by atoms with E-state index in [9.17, 15) is 4.79 Å². The van der Waals surface area contributed by atoms with Gasteiger partial charge in [-0.2, -0.15) is 0 Å². The van der Waals surface area contributed by atoms with Crippen LogP contribution < -0.4 is 4.90 Å². The molecule has 19 heavy (non-hydrogen) atoms. The zero-order valence-corrected chi connectivity index (χ0v) is 11.1. The molecule has 0 N–H and O–H groups in total. The molecule has 0 radical (unpaired) electrons. The lowest BCUT2D eigenvalue weighted by Gasteiger charge is -2.12. The number of carbonyl (C=O) groups excluding carboxylic acids is 1. The summed E-state index contributed by atoms with van der Waals surface area (Å²) in [5, 5.41) is 0.678. The SMILES string of the molecule is CN(C(=O)c1ccccn1)c1nc2ccccc2s1. The number of fused-ring (bicyclic) bond motifs is 1. The molecule has 3 rings (SSSR count). The van der Waals surface area contributed by atoms with Crippen LogP contribution >= 0.6 is 11.3 Å². The number of hydrogen-bond donors (Lipinski definition) is 0. The van der Waals surface area contributed by atoms with Crippen molar-refractivity contribution in [2.24, 2.45) is 0 Å². The first kappa shape index (κ1) is 11.8. The summed E-state index contributed by atoms with van der Waals surface area (Å²) in [6, 6.07) is 13.1. The molecule has 1 amide bonds. The van der Waals surface area contributed by atoms with E-state index in [0.717, 1.165) is 10.2 Å². The number of rotatable bonds is 2. The molecule has 0 fully saturated rings. The van der Waals surface area contributed by atoms with Crippen molar-refractivity contribution in [3.05, 3.63) is 54.4 Å². The average molecular weight is 269 g/mol. The van der Waals surface area contributed by atoms with Gasteiger partial charge in [0, 0.05) is 13.2 Å². The third-order valence-electron chi connectivity index (χ3n) is 2.76. The van der Waals surface area contributed by atoms with E-state index in [1.165, 1.54) is 16.2 Å². The molecule has 2 aromatic heterocycles. The highest BCUT2D eigenvalue weighted by Gasteiger charge is 2.17. The van der Waals surface area contributed by atoms with Gasteiger partial charge in [-0.15, -0.1) is 0 Å². The molecule has 2 heterocycles. The summed E-state index contributed by atoms with van der Waals surface area (Å²) in [5.74, 6) is -0.153. The van der Waals surface area contributed by atoms with Crippen LogP contribution in [0.1, 0.15) is 10.5 Å². The molecule has 4 nitrogen and oxygen atoms in total. The third kappa shape index (κ3) is 2.20. The predicted octanol–water partition coefficient (Wildman–Crippen LogP) is 2.97. The van der Waals surface area contributed by atoms with Crippen molar-refractivity contribution in [3.63, 3.8) is 0 Å². The van der Waals surface area contributed by atoms with Gasteiger partial charge in [0.1, 0.15) is 5.69 Å². The average Bonchev–Trinajstić information content (AvgIpc) is 2.90. The Labute approximate surface area is 114 Å². The van der Waals surface area contributed by atoms with Crippen LogP contribution in [0.5, 0.6) is 0 Å². The van der Waals surface area contributed by atoms with Gasteiger partial charge >= 0.3 is 0 Å². The summed E-state index contributed by atoms with van der Waals surface area (Å²) in [4.78, 5) is 22.3. The zero-order chi connectivity index (χ0) is 13.2.